The Balaban J connectivity index is 1.67. The lowest BCUT2D eigenvalue weighted by molar-refractivity contribution is -0.121. The van der Waals surface area contributed by atoms with E-state index in [1.807, 2.05) is 43.3 Å². The molecule has 3 aromatic rings. The Hall–Kier alpha value is -3.02. The van der Waals surface area contributed by atoms with Gasteiger partial charge in [0.05, 0.1) is 18.1 Å². The number of methoxy groups -OCH3 is 1. The Morgan fingerprint density at radius 2 is 1.88 bits per heavy atom. The van der Waals surface area contributed by atoms with E-state index >= 15 is 0 Å². The monoisotopic (exact) mass is 353 g/mol. The third-order valence-corrected chi connectivity index (χ3v) is 4.51. The number of hydrogen-bond donors (Lipinski definition) is 1. The molecule has 0 aliphatic rings. The summed E-state index contributed by atoms with van der Waals surface area (Å²) in [6, 6.07) is 13.4. The molecule has 0 bridgehead atoms. The smallest absolute Gasteiger partial charge is 0.329 e. The number of para-hydroxylation sites is 2. The largest absolute Gasteiger partial charge is 0.496 e. The van der Waals surface area contributed by atoms with E-state index in [9.17, 15) is 9.59 Å². The first kappa shape index (κ1) is 17.8. The van der Waals surface area contributed by atoms with Crippen molar-refractivity contribution in [3.63, 3.8) is 0 Å². The predicted molar refractivity (Wildman–Crippen MR) is 102 cm³/mol. The van der Waals surface area contributed by atoms with E-state index in [4.69, 9.17) is 4.74 Å². The van der Waals surface area contributed by atoms with Gasteiger partial charge in [-0.15, -0.1) is 0 Å². The Morgan fingerprint density at radius 1 is 1.15 bits per heavy atom. The molecule has 0 spiro atoms. The van der Waals surface area contributed by atoms with Crippen molar-refractivity contribution >= 4 is 16.9 Å². The number of aromatic nitrogens is 2. The first-order valence-electron chi connectivity index (χ1n) is 8.55. The molecule has 1 heterocycles. The van der Waals surface area contributed by atoms with Crippen LogP contribution in [0.5, 0.6) is 5.75 Å². The molecule has 1 amide bonds. The van der Waals surface area contributed by atoms with Gasteiger partial charge in [-0.2, -0.15) is 0 Å². The quantitative estimate of drug-likeness (QED) is 0.737. The van der Waals surface area contributed by atoms with Gasteiger partial charge in [-0.1, -0.05) is 29.8 Å². The Kier molecular flexibility index (Phi) is 5.11. The van der Waals surface area contributed by atoms with Crippen LogP contribution in [0.15, 0.2) is 47.3 Å². The van der Waals surface area contributed by atoms with Crippen molar-refractivity contribution < 1.29 is 9.53 Å². The zero-order valence-corrected chi connectivity index (χ0v) is 15.3. The number of carbonyl (C=O) groups is 1. The number of carbonyl (C=O) groups excluding carboxylic acids is 1. The fourth-order valence-electron chi connectivity index (χ4n) is 3.15. The van der Waals surface area contributed by atoms with Crippen molar-refractivity contribution in [2.24, 2.45) is 7.05 Å². The first-order valence-corrected chi connectivity index (χ1v) is 8.55. The van der Waals surface area contributed by atoms with Crippen LogP contribution < -0.4 is 15.7 Å². The van der Waals surface area contributed by atoms with Crippen LogP contribution in [0.25, 0.3) is 11.0 Å². The molecule has 3 rings (SSSR count). The number of imidazole rings is 1. The normalized spacial score (nSPS) is 10.9. The minimum Gasteiger partial charge on any atom is -0.496 e. The number of amides is 1. The van der Waals surface area contributed by atoms with Gasteiger partial charge in [-0.25, -0.2) is 4.79 Å². The second kappa shape index (κ2) is 7.47. The molecule has 0 fully saturated rings. The van der Waals surface area contributed by atoms with Gasteiger partial charge in [0.1, 0.15) is 12.3 Å². The van der Waals surface area contributed by atoms with Crippen LogP contribution >= 0.6 is 0 Å². The minimum absolute atomic E-state index is 0.00510. The molecular weight excluding hydrogens is 330 g/mol. The van der Waals surface area contributed by atoms with Crippen LogP contribution in [0.1, 0.15) is 11.1 Å². The number of rotatable bonds is 6. The van der Waals surface area contributed by atoms with Crippen molar-refractivity contribution in [2.45, 2.75) is 19.9 Å². The average Bonchev–Trinajstić information content (AvgIpc) is 2.87. The van der Waals surface area contributed by atoms with E-state index in [1.54, 1.807) is 18.7 Å². The van der Waals surface area contributed by atoms with Gasteiger partial charge in [0, 0.05) is 13.6 Å². The van der Waals surface area contributed by atoms with Crippen molar-refractivity contribution in [3.8, 4) is 5.75 Å². The summed E-state index contributed by atoms with van der Waals surface area (Å²) in [6.45, 7) is 2.51. The van der Waals surface area contributed by atoms with Gasteiger partial charge in [-0.3, -0.25) is 13.9 Å². The maximum absolute atomic E-state index is 12.4. The number of nitrogens with one attached hydrogen (secondary N) is 1. The predicted octanol–water partition coefficient (Wildman–Crippen LogP) is 2.02. The molecule has 0 atom stereocenters. The molecule has 1 N–H and O–H groups in total. The maximum Gasteiger partial charge on any atom is 0.329 e. The molecular formula is C20H23N3O3. The zero-order valence-electron chi connectivity index (χ0n) is 15.3. The second-order valence-electron chi connectivity index (χ2n) is 6.33. The zero-order chi connectivity index (χ0) is 18.7. The summed E-state index contributed by atoms with van der Waals surface area (Å²) in [5.74, 6) is 0.630. The van der Waals surface area contributed by atoms with Gasteiger partial charge >= 0.3 is 5.69 Å². The molecule has 0 unspecified atom stereocenters. The number of hydrogen-bond acceptors (Lipinski definition) is 3. The van der Waals surface area contributed by atoms with Crippen LogP contribution in [0.3, 0.4) is 0 Å². The number of aryl methyl sites for hydroxylation is 2. The summed E-state index contributed by atoms with van der Waals surface area (Å²) in [5, 5.41) is 2.89. The van der Waals surface area contributed by atoms with Crippen LogP contribution in [-0.2, 0) is 24.8 Å². The molecule has 0 aliphatic heterocycles. The lowest BCUT2D eigenvalue weighted by atomic mass is 10.1. The van der Waals surface area contributed by atoms with E-state index in [-0.39, 0.29) is 18.1 Å². The summed E-state index contributed by atoms with van der Waals surface area (Å²) >= 11 is 0. The SMILES string of the molecule is COc1ccc(C)cc1CCNC(=O)Cn1c(=O)n(C)c2ccccc21. The molecule has 0 saturated carbocycles. The highest BCUT2D eigenvalue weighted by atomic mass is 16.5. The molecule has 1 aromatic heterocycles. The number of ether oxygens (including phenoxy) is 1. The van der Waals surface area contributed by atoms with Gasteiger partial charge in [-0.05, 0) is 37.1 Å². The van der Waals surface area contributed by atoms with Crippen molar-refractivity contribution in [2.75, 3.05) is 13.7 Å². The molecule has 0 aliphatic carbocycles. The van der Waals surface area contributed by atoms with E-state index < -0.39 is 0 Å². The van der Waals surface area contributed by atoms with Gasteiger partial charge in [0.2, 0.25) is 5.91 Å². The number of nitrogens with zero attached hydrogens (tertiary/aromatic N) is 2. The highest BCUT2D eigenvalue weighted by Gasteiger charge is 2.13. The van der Waals surface area contributed by atoms with Crippen LogP contribution in [-0.4, -0.2) is 28.7 Å². The van der Waals surface area contributed by atoms with Crippen molar-refractivity contribution in [1.29, 1.82) is 0 Å². The molecule has 6 heteroatoms. The fraction of sp³-hybridized carbons (Fsp3) is 0.300. The Labute approximate surface area is 152 Å². The summed E-state index contributed by atoms with van der Waals surface area (Å²) in [7, 11) is 3.35. The second-order valence-corrected chi connectivity index (χ2v) is 6.33. The summed E-state index contributed by atoms with van der Waals surface area (Å²) in [6.07, 6.45) is 0.668. The van der Waals surface area contributed by atoms with Gasteiger partial charge < -0.3 is 10.1 Å². The standard InChI is InChI=1S/C20H23N3O3/c1-14-8-9-18(26-3)15(12-14)10-11-21-19(24)13-23-17-7-5-4-6-16(17)22(2)20(23)25/h4-9,12H,10-11,13H2,1-3H3,(H,21,24). The third-order valence-electron chi connectivity index (χ3n) is 4.51. The fourth-order valence-corrected chi connectivity index (χ4v) is 3.15. The minimum atomic E-state index is -0.193. The molecule has 136 valence electrons. The summed E-state index contributed by atoms with van der Waals surface area (Å²) in [5.41, 5.74) is 3.58. The summed E-state index contributed by atoms with van der Waals surface area (Å²) in [4.78, 5) is 24.7. The van der Waals surface area contributed by atoms with Crippen molar-refractivity contribution in [3.05, 3.63) is 64.1 Å². The maximum atomic E-state index is 12.4. The van der Waals surface area contributed by atoms with E-state index in [2.05, 4.69) is 11.4 Å². The Morgan fingerprint density at radius 3 is 2.62 bits per heavy atom. The van der Waals surface area contributed by atoms with E-state index in [1.165, 1.54) is 4.57 Å². The lowest BCUT2D eigenvalue weighted by Gasteiger charge is -2.10. The van der Waals surface area contributed by atoms with E-state index in [0.717, 1.165) is 27.9 Å². The molecule has 6 nitrogen and oxygen atoms in total. The third kappa shape index (κ3) is 3.49. The molecule has 2 aromatic carbocycles. The first-order chi connectivity index (χ1) is 12.5. The van der Waals surface area contributed by atoms with Gasteiger partial charge in [0.15, 0.2) is 0 Å². The highest BCUT2D eigenvalue weighted by Crippen LogP contribution is 2.19. The van der Waals surface area contributed by atoms with Crippen LogP contribution in [0.4, 0.5) is 0 Å². The van der Waals surface area contributed by atoms with Crippen molar-refractivity contribution in [1.82, 2.24) is 14.5 Å². The van der Waals surface area contributed by atoms with Crippen LogP contribution in [0, 0.1) is 6.92 Å². The molecule has 0 saturated heterocycles. The number of fused-ring (bicyclic) bond motifs is 1. The average molecular weight is 353 g/mol. The molecule has 0 radical (unpaired) electrons. The topological polar surface area (TPSA) is 65.3 Å². The highest BCUT2D eigenvalue weighted by molar-refractivity contribution is 5.80. The summed E-state index contributed by atoms with van der Waals surface area (Å²) < 4.78 is 8.41. The van der Waals surface area contributed by atoms with E-state index in [0.29, 0.717) is 13.0 Å². The van der Waals surface area contributed by atoms with Gasteiger partial charge in [0.25, 0.3) is 0 Å². The lowest BCUT2D eigenvalue weighted by Crippen LogP contribution is -2.33. The Bertz CT molecular complexity index is 1000. The number of benzene rings is 2. The molecule has 26 heavy (non-hydrogen) atoms. The van der Waals surface area contributed by atoms with Crippen LogP contribution in [0.2, 0.25) is 0 Å².